The maximum absolute atomic E-state index is 4.79. The highest BCUT2D eigenvalue weighted by molar-refractivity contribution is 6.25. The maximum Gasteiger partial charge on any atom is 0.0702 e. The highest BCUT2D eigenvalue weighted by Gasteiger charge is 2.15. The third kappa shape index (κ3) is 3.70. The Bertz CT molecular complexity index is 2450. The van der Waals surface area contributed by atoms with Crippen LogP contribution < -0.4 is 0 Å². The Hall–Kier alpha value is -5.73. The third-order valence-electron chi connectivity index (χ3n) is 8.82. The first-order valence-corrected chi connectivity index (χ1v) is 14.7. The van der Waals surface area contributed by atoms with E-state index in [0.717, 1.165) is 16.8 Å². The zero-order valence-corrected chi connectivity index (χ0v) is 23.4. The fourth-order valence-corrected chi connectivity index (χ4v) is 6.81. The van der Waals surface area contributed by atoms with Crippen LogP contribution in [0.4, 0.5) is 0 Å². The Labute approximate surface area is 249 Å². The van der Waals surface area contributed by atoms with Crippen molar-refractivity contribution in [2.75, 3.05) is 0 Å². The van der Waals surface area contributed by atoms with E-state index in [-0.39, 0.29) is 0 Å². The molecule has 7 aromatic carbocycles. The summed E-state index contributed by atoms with van der Waals surface area (Å²) in [6.45, 7) is 0. The number of fused-ring (bicyclic) bond motifs is 9. The van der Waals surface area contributed by atoms with Gasteiger partial charge in [0, 0.05) is 33.8 Å². The Balaban J connectivity index is 1.24. The van der Waals surface area contributed by atoms with E-state index in [1.165, 1.54) is 65.4 Å². The molecule has 0 fully saturated rings. The number of pyridine rings is 1. The average Bonchev–Trinajstić information content (AvgIpc) is 3.42. The van der Waals surface area contributed by atoms with Crippen LogP contribution >= 0.6 is 0 Å². The number of rotatable bonds is 3. The van der Waals surface area contributed by atoms with Crippen molar-refractivity contribution in [1.82, 2.24) is 9.55 Å². The van der Waals surface area contributed by atoms with Crippen molar-refractivity contribution in [2.45, 2.75) is 0 Å². The minimum absolute atomic E-state index is 0.985. The molecule has 0 atom stereocenters. The topological polar surface area (TPSA) is 17.8 Å². The van der Waals surface area contributed by atoms with Crippen LogP contribution in [0.25, 0.3) is 82.2 Å². The van der Waals surface area contributed by atoms with Gasteiger partial charge in [-0.2, -0.15) is 0 Å². The highest BCUT2D eigenvalue weighted by atomic mass is 15.0. The summed E-state index contributed by atoms with van der Waals surface area (Å²) >= 11 is 0. The molecular formula is C41H26N2. The molecule has 43 heavy (non-hydrogen) atoms. The summed E-state index contributed by atoms with van der Waals surface area (Å²) in [4.78, 5) is 4.79. The molecule has 2 aromatic heterocycles. The summed E-state index contributed by atoms with van der Waals surface area (Å²) in [6, 6.07) is 54.6. The van der Waals surface area contributed by atoms with Crippen molar-refractivity contribution in [1.29, 1.82) is 0 Å². The van der Waals surface area contributed by atoms with E-state index in [1.54, 1.807) is 0 Å². The molecule has 2 nitrogen and oxygen atoms in total. The minimum atomic E-state index is 0.985. The average molecular weight is 547 g/mol. The van der Waals surface area contributed by atoms with Gasteiger partial charge in [-0.05, 0) is 74.3 Å². The number of hydrogen-bond donors (Lipinski definition) is 0. The first-order valence-electron chi connectivity index (χ1n) is 14.7. The molecule has 9 aromatic rings. The SMILES string of the molecule is c1ccc(-c2ccc(-c3ccc4c(c3)c3ccccc3n4-c3ccc4c5ccccc5c5ccccc5c4c3)cn2)cc1. The molecule has 0 aliphatic rings. The zero-order valence-electron chi connectivity index (χ0n) is 23.4. The highest BCUT2D eigenvalue weighted by Crippen LogP contribution is 2.39. The number of para-hydroxylation sites is 1. The fraction of sp³-hybridized carbons (Fsp3) is 0. The lowest BCUT2D eigenvalue weighted by Gasteiger charge is -2.14. The summed E-state index contributed by atoms with van der Waals surface area (Å²) in [5.74, 6) is 0. The van der Waals surface area contributed by atoms with Gasteiger partial charge in [0.15, 0.2) is 0 Å². The van der Waals surface area contributed by atoms with Crippen molar-refractivity contribution in [3.63, 3.8) is 0 Å². The van der Waals surface area contributed by atoms with Crippen LogP contribution in [0.2, 0.25) is 0 Å². The fourth-order valence-electron chi connectivity index (χ4n) is 6.81. The summed E-state index contributed by atoms with van der Waals surface area (Å²) in [6.07, 6.45) is 1.99. The monoisotopic (exact) mass is 546 g/mol. The van der Waals surface area contributed by atoms with E-state index in [9.17, 15) is 0 Å². The van der Waals surface area contributed by atoms with Crippen molar-refractivity contribution < 1.29 is 0 Å². The maximum atomic E-state index is 4.79. The molecule has 0 saturated heterocycles. The van der Waals surface area contributed by atoms with Gasteiger partial charge in [0.05, 0.1) is 16.7 Å². The van der Waals surface area contributed by atoms with Crippen molar-refractivity contribution in [2.24, 2.45) is 0 Å². The molecule has 9 rings (SSSR count). The van der Waals surface area contributed by atoms with Gasteiger partial charge in [0.25, 0.3) is 0 Å². The molecule has 0 N–H and O–H groups in total. The van der Waals surface area contributed by atoms with E-state index in [2.05, 4.69) is 150 Å². The quantitative estimate of drug-likeness (QED) is 0.202. The first kappa shape index (κ1) is 23.9. The molecule has 0 spiro atoms. The summed E-state index contributed by atoms with van der Waals surface area (Å²) < 4.78 is 2.41. The van der Waals surface area contributed by atoms with Crippen LogP contribution in [-0.2, 0) is 0 Å². The Morgan fingerprint density at radius 2 is 0.930 bits per heavy atom. The molecule has 2 heterocycles. The first-order chi connectivity index (χ1) is 21.3. The van der Waals surface area contributed by atoms with Gasteiger partial charge < -0.3 is 4.57 Å². The number of hydrogen-bond acceptors (Lipinski definition) is 1. The molecule has 0 aliphatic carbocycles. The number of benzene rings is 7. The van der Waals surface area contributed by atoms with Gasteiger partial charge >= 0.3 is 0 Å². The Kier molecular flexibility index (Phi) is 5.23. The number of nitrogens with zero attached hydrogens (tertiary/aromatic N) is 2. The summed E-state index contributed by atoms with van der Waals surface area (Å²) in [5, 5.41) is 10.2. The Morgan fingerprint density at radius 1 is 0.349 bits per heavy atom. The van der Waals surface area contributed by atoms with Crippen LogP contribution in [0.1, 0.15) is 0 Å². The predicted octanol–water partition coefficient (Wildman–Crippen LogP) is 11.0. The zero-order chi connectivity index (χ0) is 28.3. The van der Waals surface area contributed by atoms with Gasteiger partial charge in [0.2, 0.25) is 0 Å². The lowest BCUT2D eigenvalue weighted by molar-refractivity contribution is 1.19. The third-order valence-corrected chi connectivity index (χ3v) is 8.82. The van der Waals surface area contributed by atoms with Crippen LogP contribution in [0.3, 0.4) is 0 Å². The van der Waals surface area contributed by atoms with Gasteiger partial charge in [-0.1, -0.05) is 115 Å². The molecule has 2 heteroatoms. The van der Waals surface area contributed by atoms with E-state index in [4.69, 9.17) is 4.98 Å². The normalized spacial score (nSPS) is 11.7. The van der Waals surface area contributed by atoms with E-state index >= 15 is 0 Å². The molecular weight excluding hydrogens is 520 g/mol. The molecule has 0 radical (unpaired) electrons. The van der Waals surface area contributed by atoms with E-state index in [0.29, 0.717) is 0 Å². The molecule has 0 unspecified atom stereocenters. The van der Waals surface area contributed by atoms with E-state index < -0.39 is 0 Å². The second-order valence-corrected chi connectivity index (χ2v) is 11.2. The van der Waals surface area contributed by atoms with Crippen LogP contribution in [0, 0.1) is 0 Å². The van der Waals surface area contributed by atoms with Crippen LogP contribution in [-0.4, -0.2) is 9.55 Å². The molecule has 0 amide bonds. The largest absolute Gasteiger partial charge is 0.309 e. The lowest BCUT2D eigenvalue weighted by Crippen LogP contribution is -1.94. The van der Waals surface area contributed by atoms with Crippen molar-refractivity contribution >= 4 is 54.1 Å². The van der Waals surface area contributed by atoms with E-state index in [1.807, 2.05) is 12.3 Å². The molecule has 0 aliphatic heterocycles. The van der Waals surface area contributed by atoms with Crippen LogP contribution in [0.15, 0.2) is 158 Å². The number of aromatic nitrogens is 2. The predicted molar refractivity (Wildman–Crippen MR) is 182 cm³/mol. The molecule has 0 saturated carbocycles. The van der Waals surface area contributed by atoms with Gasteiger partial charge in [-0.25, -0.2) is 0 Å². The lowest BCUT2D eigenvalue weighted by atomic mass is 9.94. The van der Waals surface area contributed by atoms with Crippen LogP contribution in [0.5, 0.6) is 0 Å². The molecule has 0 bridgehead atoms. The smallest absolute Gasteiger partial charge is 0.0702 e. The standard InChI is InChI=1S/C41H26N2/c1-2-10-27(11-3-1)39-22-18-29(26-42-39)28-19-23-41-38(24-28)36-16-8-9-17-40(36)43(41)30-20-21-35-33-14-5-4-12-31(33)32-13-6-7-15-34(32)37(35)25-30/h1-26H. The Morgan fingerprint density at radius 3 is 1.63 bits per heavy atom. The van der Waals surface area contributed by atoms with Gasteiger partial charge in [0.1, 0.15) is 0 Å². The summed E-state index contributed by atoms with van der Waals surface area (Å²) in [7, 11) is 0. The second-order valence-electron chi connectivity index (χ2n) is 11.2. The molecule has 200 valence electrons. The van der Waals surface area contributed by atoms with Gasteiger partial charge in [-0.3, -0.25) is 4.98 Å². The van der Waals surface area contributed by atoms with Gasteiger partial charge in [-0.15, -0.1) is 0 Å². The van der Waals surface area contributed by atoms with Crippen molar-refractivity contribution in [3.05, 3.63) is 158 Å². The minimum Gasteiger partial charge on any atom is -0.309 e. The summed E-state index contributed by atoms with van der Waals surface area (Å²) in [5.41, 5.74) is 7.96. The second kappa shape index (κ2) is 9.40. The van der Waals surface area contributed by atoms with Crippen molar-refractivity contribution in [3.8, 4) is 28.1 Å².